The highest BCUT2D eigenvalue weighted by molar-refractivity contribution is 6.31. The number of halogens is 2. The van der Waals surface area contributed by atoms with Gasteiger partial charge in [-0.1, -0.05) is 11.6 Å². The monoisotopic (exact) mass is 154 g/mol. The molecule has 1 heterocycles. The Morgan fingerprint density at radius 3 is 2.50 bits per heavy atom. The lowest BCUT2D eigenvalue weighted by atomic mass is 10.2. The van der Waals surface area contributed by atoms with Crippen LogP contribution in [0.25, 0.3) is 0 Å². The number of hydrogen-bond acceptors (Lipinski definition) is 1. The first-order valence-corrected chi connectivity index (χ1v) is 3.41. The number of rotatable bonds is 0. The van der Waals surface area contributed by atoms with E-state index < -0.39 is 5.06 Å². The van der Waals surface area contributed by atoms with Gasteiger partial charge >= 0.3 is 0 Å². The van der Waals surface area contributed by atoms with Gasteiger partial charge in [-0.15, -0.1) is 11.6 Å². The van der Waals surface area contributed by atoms with E-state index in [4.69, 9.17) is 27.9 Å². The van der Waals surface area contributed by atoms with E-state index >= 15 is 0 Å². The summed E-state index contributed by atoms with van der Waals surface area (Å²) in [7, 11) is 0. The lowest BCUT2D eigenvalue weighted by molar-refractivity contribution is 0.0919. The van der Waals surface area contributed by atoms with Gasteiger partial charge in [0.05, 0.1) is 12.0 Å². The number of hydrogen-bond donors (Lipinski definition) is 0. The molecule has 1 saturated heterocycles. The average Bonchev–Trinajstić information content (AvgIpc) is 1.86. The Hall–Kier alpha value is 0.540. The van der Waals surface area contributed by atoms with E-state index in [1.54, 1.807) is 6.92 Å². The van der Waals surface area contributed by atoms with Gasteiger partial charge in [0.2, 0.25) is 0 Å². The summed E-state index contributed by atoms with van der Waals surface area (Å²) in [6.07, 6.45) is 0.863. The molecule has 8 heavy (non-hydrogen) atoms. The van der Waals surface area contributed by atoms with Gasteiger partial charge in [-0.05, 0) is 13.3 Å². The Labute approximate surface area is 58.9 Å². The molecule has 2 atom stereocenters. The Bertz CT molecular complexity index is 92.4. The summed E-state index contributed by atoms with van der Waals surface area (Å²) in [5, 5.41) is -0.633. The van der Waals surface area contributed by atoms with Crippen molar-refractivity contribution in [3.05, 3.63) is 0 Å². The van der Waals surface area contributed by atoms with Gasteiger partial charge < -0.3 is 4.74 Å². The van der Waals surface area contributed by atoms with Gasteiger partial charge in [-0.2, -0.15) is 0 Å². The zero-order chi connectivity index (χ0) is 6.20. The molecule has 0 radical (unpaired) electrons. The third-order valence-corrected chi connectivity index (χ3v) is 2.43. The summed E-state index contributed by atoms with van der Waals surface area (Å²) < 4.78 is 5.09. The van der Waals surface area contributed by atoms with Crippen LogP contribution in [0.4, 0.5) is 0 Å². The minimum absolute atomic E-state index is 0.0239. The van der Waals surface area contributed by atoms with E-state index in [9.17, 15) is 0 Å². The van der Waals surface area contributed by atoms with Crippen LogP contribution in [0.2, 0.25) is 0 Å². The molecule has 1 fully saturated rings. The van der Waals surface area contributed by atoms with Crippen molar-refractivity contribution in [3.8, 4) is 0 Å². The molecule has 0 unspecified atom stereocenters. The van der Waals surface area contributed by atoms with Crippen molar-refractivity contribution in [1.82, 2.24) is 0 Å². The largest absolute Gasteiger partial charge is 0.358 e. The fourth-order valence-electron chi connectivity index (χ4n) is 0.710. The van der Waals surface area contributed by atoms with Crippen LogP contribution in [0.3, 0.4) is 0 Å². The van der Waals surface area contributed by atoms with Gasteiger partial charge in [-0.3, -0.25) is 0 Å². The molecule has 0 saturated carbocycles. The maximum Gasteiger partial charge on any atom is 0.155 e. The van der Waals surface area contributed by atoms with Gasteiger partial charge in [0, 0.05) is 0 Å². The molecule has 0 spiro atoms. The molecule has 0 bridgehead atoms. The van der Waals surface area contributed by atoms with Gasteiger partial charge in [0.15, 0.2) is 5.06 Å². The highest BCUT2D eigenvalue weighted by Crippen LogP contribution is 2.33. The SMILES string of the molecule is C[C@]1(Cl)OCC[C@@H]1Cl. The minimum atomic E-state index is -0.610. The first-order valence-electron chi connectivity index (χ1n) is 2.60. The second-order valence-corrected chi connectivity index (χ2v) is 3.37. The molecule has 1 rings (SSSR count). The summed E-state index contributed by atoms with van der Waals surface area (Å²) in [4.78, 5) is 0. The molecule has 0 amide bonds. The molecule has 0 N–H and O–H groups in total. The van der Waals surface area contributed by atoms with Crippen LogP contribution in [0, 0.1) is 0 Å². The quantitative estimate of drug-likeness (QED) is 0.486. The van der Waals surface area contributed by atoms with E-state index in [0.29, 0.717) is 6.61 Å². The Balaban J connectivity index is 2.54. The first-order chi connectivity index (χ1) is 3.63. The van der Waals surface area contributed by atoms with Gasteiger partial charge in [-0.25, -0.2) is 0 Å². The van der Waals surface area contributed by atoms with Crippen LogP contribution in [0.15, 0.2) is 0 Å². The molecule has 3 heteroatoms. The minimum Gasteiger partial charge on any atom is -0.358 e. The Morgan fingerprint density at radius 2 is 2.38 bits per heavy atom. The Kier molecular flexibility index (Phi) is 1.71. The molecule has 48 valence electrons. The lowest BCUT2D eigenvalue weighted by Gasteiger charge is -2.16. The van der Waals surface area contributed by atoms with E-state index in [0.717, 1.165) is 6.42 Å². The topological polar surface area (TPSA) is 9.23 Å². The average molecular weight is 155 g/mol. The van der Waals surface area contributed by atoms with Crippen molar-refractivity contribution < 1.29 is 4.74 Å². The second kappa shape index (κ2) is 2.05. The van der Waals surface area contributed by atoms with Crippen LogP contribution in [-0.4, -0.2) is 17.0 Å². The van der Waals surface area contributed by atoms with Crippen LogP contribution >= 0.6 is 23.2 Å². The second-order valence-electron chi connectivity index (χ2n) is 2.09. The maximum absolute atomic E-state index is 5.76. The molecule has 0 aromatic heterocycles. The van der Waals surface area contributed by atoms with E-state index in [1.807, 2.05) is 0 Å². The van der Waals surface area contributed by atoms with Crippen molar-refractivity contribution >= 4 is 23.2 Å². The standard InChI is InChI=1S/C5H8Cl2O/c1-5(7)4(6)2-3-8-5/h4H,2-3H2,1H3/t4-,5-/m0/s1. The number of ether oxygens (including phenoxy) is 1. The predicted molar refractivity (Wildman–Crippen MR) is 34.5 cm³/mol. The molecule has 0 aromatic rings. The molecule has 0 aromatic carbocycles. The molecular weight excluding hydrogens is 147 g/mol. The highest BCUT2D eigenvalue weighted by atomic mass is 35.5. The zero-order valence-corrected chi connectivity index (χ0v) is 6.17. The van der Waals surface area contributed by atoms with Crippen LogP contribution in [-0.2, 0) is 4.74 Å². The van der Waals surface area contributed by atoms with E-state index in [2.05, 4.69) is 0 Å². The summed E-state index contributed by atoms with van der Waals surface area (Å²) in [5.74, 6) is 0. The van der Waals surface area contributed by atoms with Crippen LogP contribution < -0.4 is 0 Å². The smallest absolute Gasteiger partial charge is 0.155 e. The number of alkyl halides is 2. The Morgan fingerprint density at radius 1 is 1.75 bits per heavy atom. The van der Waals surface area contributed by atoms with Crippen molar-refractivity contribution in [2.75, 3.05) is 6.61 Å². The van der Waals surface area contributed by atoms with E-state index in [-0.39, 0.29) is 5.38 Å². The summed E-state index contributed by atoms with van der Waals surface area (Å²) in [6, 6.07) is 0. The van der Waals surface area contributed by atoms with Crippen LogP contribution in [0.1, 0.15) is 13.3 Å². The van der Waals surface area contributed by atoms with Gasteiger partial charge in [0.25, 0.3) is 0 Å². The molecule has 1 nitrogen and oxygen atoms in total. The van der Waals surface area contributed by atoms with E-state index in [1.165, 1.54) is 0 Å². The summed E-state index contributed by atoms with van der Waals surface area (Å²) in [5.41, 5.74) is 0. The normalized spacial score (nSPS) is 47.6. The lowest BCUT2D eigenvalue weighted by Crippen LogP contribution is -2.23. The summed E-state index contributed by atoms with van der Waals surface area (Å²) >= 11 is 11.5. The van der Waals surface area contributed by atoms with Crippen LogP contribution in [0.5, 0.6) is 0 Å². The van der Waals surface area contributed by atoms with Crippen molar-refractivity contribution in [2.24, 2.45) is 0 Å². The fourth-order valence-corrected chi connectivity index (χ4v) is 1.05. The zero-order valence-electron chi connectivity index (χ0n) is 4.66. The third kappa shape index (κ3) is 1.09. The summed E-state index contributed by atoms with van der Waals surface area (Å²) in [6.45, 7) is 2.48. The molecule has 1 aliphatic rings. The van der Waals surface area contributed by atoms with Gasteiger partial charge in [0.1, 0.15) is 0 Å². The maximum atomic E-state index is 5.76. The predicted octanol–water partition coefficient (Wildman–Crippen LogP) is 1.97. The van der Waals surface area contributed by atoms with Crippen molar-refractivity contribution in [3.63, 3.8) is 0 Å². The highest BCUT2D eigenvalue weighted by Gasteiger charge is 2.36. The van der Waals surface area contributed by atoms with Crippen molar-refractivity contribution in [1.29, 1.82) is 0 Å². The fraction of sp³-hybridized carbons (Fsp3) is 1.00. The molecule has 1 aliphatic heterocycles. The molecule has 0 aliphatic carbocycles. The first kappa shape index (κ1) is 6.66. The van der Waals surface area contributed by atoms with Crippen molar-refractivity contribution in [2.45, 2.75) is 23.8 Å². The molecular formula is C5H8Cl2O. The third-order valence-electron chi connectivity index (χ3n) is 1.32.